The molecule has 1 aromatic carbocycles. The van der Waals surface area contributed by atoms with Gasteiger partial charge in [-0.05, 0) is 32.4 Å². The van der Waals surface area contributed by atoms with Crippen LogP contribution in [0, 0.1) is 0 Å². The highest BCUT2D eigenvalue weighted by Crippen LogP contribution is 2.29. The van der Waals surface area contributed by atoms with E-state index in [9.17, 15) is 9.90 Å². The SMILES string of the molecule is CCCN(c1ccccc1OCC)[C@H](C)C(=O)O. The number of rotatable bonds is 7. The summed E-state index contributed by atoms with van der Waals surface area (Å²) in [7, 11) is 0. The van der Waals surface area contributed by atoms with Crippen molar-refractivity contribution < 1.29 is 14.6 Å². The molecule has 0 aliphatic carbocycles. The molecular weight excluding hydrogens is 230 g/mol. The Bertz CT molecular complexity index is 392. The first-order valence-corrected chi connectivity index (χ1v) is 6.33. The van der Waals surface area contributed by atoms with Gasteiger partial charge >= 0.3 is 5.97 Å². The van der Waals surface area contributed by atoms with Gasteiger partial charge in [-0.25, -0.2) is 4.79 Å². The van der Waals surface area contributed by atoms with Crippen molar-refractivity contribution in [2.24, 2.45) is 0 Å². The fourth-order valence-corrected chi connectivity index (χ4v) is 1.87. The van der Waals surface area contributed by atoms with E-state index in [-0.39, 0.29) is 0 Å². The van der Waals surface area contributed by atoms with E-state index < -0.39 is 12.0 Å². The molecule has 0 aliphatic rings. The van der Waals surface area contributed by atoms with Crippen LogP contribution < -0.4 is 9.64 Å². The molecule has 100 valence electrons. The second-order valence-corrected chi connectivity index (χ2v) is 4.11. The zero-order chi connectivity index (χ0) is 13.5. The fraction of sp³-hybridized carbons (Fsp3) is 0.500. The standard InChI is InChI=1S/C14H21NO3/c1-4-10-15(11(3)14(16)17)12-8-6-7-9-13(12)18-5-2/h6-9,11H,4-5,10H2,1-3H3,(H,16,17)/t11-/m1/s1. The van der Waals surface area contributed by atoms with Gasteiger partial charge in [0.05, 0.1) is 12.3 Å². The van der Waals surface area contributed by atoms with Crippen LogP contribution in [0.1, 0.15) is 27.2 Å². The molecule has 0 radical (unpaired) electrons. The highest BCUT2D eigenvalue weighted by atomic mass is 16.5. The Hall–Kier alpha value is -1.71. The number of hydrogen-bond donors (Lipinski definition) is 1. The first kappa shape index (κ1) is 14.4. The van der Waals surface area contributed by atoms with Gasteiger partial charge in [0.25, 0.3) is 0 Å². The molecular formula is C14H21NO3. The number of para-hydroxylation sites is 2. The first-order chi connectivity index (χ1) is 8.61. The summed E-state index contributed by atoms with van der Waals surface area (Å²) < 4.78 is 5.56. The van der Waals surface area contributed by atoms with Gasteiger partial charge in [-0.2, -0.15) is 0 Å². The monoisotopic (exact) mass is 251 g/mol. The van der Waals surface area contributed by atoms with Crippen LogP contribution >= 0.6 is 0 Å². The lowest BCUT2D eigenvalue weighted by Gasteiger charge is -2.29. The van der Waals surface area contributed by atoms with Crippen molar-refractivity contribution >= 4 is 11.7 Å². The fourth-order valence-electron chi connectivity index (χ4n) is 1.87. The van der Waals surface area contributed by atoms with E-state index in [2.05, 4.69) is 0 Å². The van der Waals surface area contributed by atoms with Crippen molar-refractivity contribution in [1.29, 1.82) is 0 Å². The third-order valence-corrected chi connectivity index (χ3v) is 2.76. The average molecular weight is 251 g/mol. The zero-order valence-electron chi connectivity index (χ0n) is 11.2. The molecule has 0 saturated carbocycles. The Balaban J connectivity index is 3.08. The smallest absolute Gasteiger partial charge is 0.326 e. The number of aliphatic carboxylic acids is 1. The van der Waals surface area contributed by atoms with Gasteiger partial charge in [-0.15, -0.1) is 0 Å². The lowest BCUT2D eigenvalue weighted by molar-refractivity contribution is -0.138. The van der Waals surface area contributed by atoms with E-state index in [1.807, 2.05) is 43.0 Å². The summed E-state index contributed by atoms with van der Waals surface area (Å²) in [5.41, 5.74) is 0.844. The van der Waals surface area contributed by atoms with Crippen LogP contribution in [0.15, 0.2) is 24.3 Å². The molecule has 1 atom stereocenters. The number of carboxylic acid groups (broad SMARTS) is 1. The number of ether oxygens (including phenoxy) is 1. The van der Waals surface area contributed by atoms with Crippen LogP contribution in [-0.4, -0.2) is 30.3 Å². The minimum Gasteiger partial charge on any atom is -0.492 e. The molecule has 0 heterocycles. The number of benzene rings is 1. The molecule has 1 aromatic rings. The zero-order valence-corrected chi connectivity index (χ0v) is 11.2. The van der Waals surface area contributed by atoms with Crippen molar-refractivity contribution in [3.05, 3.63) is 24.3 Å². The summed E-state index contributed by atoms with van der Waals surface area (Å²) in [5, 5.41) is 9.18. The third-order valence-electron chi connectivity index (χ3n) is 2.76. The van der Waals surface area contributed by atoms with Crippen LogP contribution in [0.2, 0.25) is 0 Å². The van der Waals surface area contributed by atoms with Gasteiger partial charge < -0.3 is 14.7 Å². The summed E-state index contributed by atoms with van der Waals surface area (Å²) in [5.74, 6) is -0.0868. The molecule has 0 aliphatic heterocycles. The van der Waals surface area contributed by atoms with Gasteiger partial charge in [0.15, 0.2) is 0 Å². The van der Waals surface area contributed by atoms with Crippen molar-refractivity contribution in [1.82, 2.24) is 0 Å². The van der Waals surface area contributed by atoms with Crippen molar-refractivity contribution in [2.45, 2.75) is 33.2 Å². The number of carboxylic acids is 1. The molecule has 18 heavy (non-hydrogen) atoms. The second kappa shape index (κ2) is 6.89. The van der Waals surface area contributed by atoms with Gasteiger partial charge in [0.2, 0.25) is 0 Å². The van der Waals surface area contributed by atoms with Crippen molar-refractivity contribution in [2.75, 3.05) is 18.1 Å². The Morgan fingerprint density at radius 3 is 2.61 bits per heavy atom. The third kappa shape index (κ3) is 3.39. The normalized spacial score (nSPS) is 11.9. The van der Waals surface area contributed by atoms with E-state index in [1.54, 1.807) is 6.92 Å². The molecule has 0 saturated heterocycles. The van der Waals surface area contributed by atoms with Crippen LogP contribution in [0.5, 0.6) is 5.75 Å². The Morgan fingerprint density at radius 2 is 2.06 bits per heavy atom. The topological polar surface area (TPSA) is 49.8 Å². The Morgan fingerprint density at radius 1 is 1.39 bits per heavy atom. The predicted molar refractivity (Wildman–Crippen MR) is 72.3 cm³/mol. The summed E-state index contributed by atoms with van der Waals surface area (Å²) in [6.45, 7) is 6.91. The van der Waals surface area contributed by atoms with E-state index in [1.165, 1.54) is 0 Å². The maximum absolute atomic E-state index is 11.2. The summed E-state index contributed by atoms with van der Waals surface area (Å²) in [4.78, 5) is 13.0. The van der Waals surface area contributed by atoms with Crippen LogP contribution in [0.25, 0.3) is 0 Å². The summed E-state index contributed by atoms with van der Waals surface area (Å²) in [6, 6.07) is 7.00. The molecule has 0 spiro atoms. The van der Waals surface area contributed by atoms with Gasteiger partial charge in [0, 0.05) is 6.54 Å². The maximum atomic E-state index is 11.2. The molecule has 4 nitrogen and oxygen atoms in total. The van der Waals surface area contributed by atoms with Gasteiger partial charge in [-0.3, -0.25) is 0 Å². The van der Waals surface area contributed by atoms with Gasteiger partial charge in [0.1, 0.15) is 11.8 Å². The van der Waals surface area contributed by atoms with Crippen molar-refractivity contribution in [3.8, 4) is 5.75 Å². The molecule has 0 bridgehead atoms. The predicted octanol–water partition coefficient (Wildman–Crippen LogP) is 2.77. The number of carbonyl (C=O) groups is 1. The number of hydrogen-bond acceptors (Lipinski definition) is 3. The largest absolute Gasteiger partial charge is 0.492 e. The lowest BCUT2D eigenvalue weighted by atomic mass is 10.2. The molecule has 1 rings (SSSR count). The van der Waals surface area contributed by atoms with Crippen LogP contribution in [0.4, 0.5) is 5.69 Å². The van der Waals surface area contributed by atoms with E-state index in [4.69, 9.17) is 4.74 Å². The summed E-state index contributed by atoms with van der Waals surface area (Å²) >= 11 is 0. The number of anilines is 1. The Kier molecular flexibility index (Phi) is 5.49. The van der Waals surface area contributed by atoms with Gasteiger partial charge in [-0.1, -0.05) is 19.1 Å². The minimum atomic E-state index is -0.824. The summed E-state index contributed by atoms with van der Waals surface area (Å²) in [6.07, 6.45) is 0.887. The molecule has 0 aromatic heterocycles. The van der Waals surface area contributed by atoms with Crippen LogP contribution in [-0.2, 0) is 4.79 Å². The average Bonchev–Trinajstić information content (AvgIpc) is 2.36. The maximum Gasteiger partial charge on any atom is 0.326 e. The first-order valence-electron chi connectivity index (χ1n) is 6.33. The second-order valence-electron chi connectivity index (χ2n) is 4.11. The molecule has 4 heteroatoms. The minimum absolute atomic E-state index is 0.563. The highest BCUT2D eigenvalue weighted by Gasteiger charge is 2.22. The van der Waals surface area contributed by atoms with E-state index in [0.717, 1.165) is 17.9 Å². The molecule has 1 N–H and O–H groups in total. The Labute approximate surface area is 108 Å². The molecule has 0 unspecified atom stereocenters. The van der Waals surface area contributed by atoms with Crippen molar-refractivity contribution in [3.63, 3.8) is 0 Å². The van der Waals surface area contributed by atoms with E-state index >= 15 is 0 Å². The van der Waals surface area contributed by atoms with Crippen LogP contribution in [0.3, 0.4) is 0 Å². The lowest BCUT2D eigenvalue weighted by Crippen LogP contribution is -2.39. The van der Waals surface area contributed by atoms with E-state index in [0.29, 0.717) is 13.2 Å². The molecule has 0 amide bonds. The highest BCUT2D eigenvalue weighted by molar-refractivity contribution is 5.78. The molecule has 0 fully saturated rings. The number of nitrogens with zero attached hydrogens (tertiary/aromatic N) is 1. The quantitative estimate of drug-likeness (QED) is 0.809.